The average molecular weight is 333 g/mol. The van der Waals surface area contributed by atoms with Gasteiger partial charge in [-0.15, -0.1) is 0 Å². The number of nitrogens with one attached hydrogen (secondary N) is 1. The lowest BCUT2D eigenvalue weighted by Gasteiger charge is -2.41. The molecule has 1 aromatic carbocycles. The zero-order valence-electron chi connectivity index (χ0n) is 14.5. The summed E-state index contributed by atoms with van der Waals surface area (Å²) in [6, 6.07) is 10.4. The molecule has 0 amide bonds. The molecule has 2 fully saturated rings. The number of hydrogen-bond donors (Lipinski definition) is 1. The van der Waals surface area contributed by atoms with E-state index in [1.165, 1.54) is 5.56 Å². The molecule has 0 bridgehead atoms. The summed E-state index contributed by atoms with van der Waals surface area (Å²) in [5.41, 5.74) is 1.20. The van der Waals surface area contributed by atoms with Gasteiger partial charge in [0.2, 0.25) is 0 Å². The third kappa shape index (κ3) is 3.79. The van der Waals surface area contributed by atoms with Crippen LogP contribution in [0.4, 0.5) is 0 Å². The van der Waals surface area contributed by atoms with Crippen molar-refractivity contribution in [2.24, 2.45) is 5.92 Å². The molecule has 1 aliphatic carbocycles. The van der Waals surface area contributed by atoms with Gasteiger partial charge in [-0.05, 0) is 25.8 Å². The Balaban J connectivity index is 1.74. The minimum Gasteiger partial charge on any atom is -0.466 e. The van der Waals surface area contributed by atoms with Crippen molar-refractivity contribution in [1.29, 1.82) is 0 Å². The number of ether oxygens (including phenoxy) is 3. The van der Waals surface area contributed by atoms with Gasteiger partial charge in [0.15, 0.2) is 5.79 Å². The van der Waals surface area contributed by atoms with Crippen LogP contribution in [0.3, 0.4) is 0 Å². The van der Waals surface area contributed by atoms with E-state index in [0.29, 0.717) is 26.2 Å². The van der Waals surface area contributed by atoms with Crippen LogP contribution in [-0.2, 0) is 19.0 Å². The number of benzene rings is 1. The van der Waals surface area contributed by atoms with Gasteiger partial charge in [-0.3, -0.25) is 4.79 Å². The summed E-state index contributed by atoms with van der Waals surface area (Å²) < 4.78 is 17.0. The Hall–Kier alpha value is -1.43. The van der Waals surface area contributed by atoms with Gasteiger partial charge in [-0.2, -0.15) is 0 Å². The van der Waals surface area contributed by atoms with Gasteiger partial charge < -0.3 is 19.5 Å². The minimum absolute atomic E-state index is 0.0221. The lowest BCUT2D eigenvalue weighted by Crippen LogP contribution is -2.52. The highest BCUT2D eigenvalue weighted by atomic mass is 16.7. The van der Waals surface area contributed by atoms with Gasteiger partial charge in [0.1, 0.15) is 0 Å². The van der Waals surface area contributed by atoms with Crippen molar-refractivity contribution in [3.63, 3.8) is 0 Å². The van der Waals surface area contributed by atoms with E-state index in [1.807, 2.05) is 25.1 Å². The van der Waals surface area contributed by atoms with E-state index in [0.717, 1.165) is 12.8 Å². The van der Waals surface area contributed by atoms with E-state index < -0.39 is 5.79 Å². The predicted molar refractivity (Wildman–Crippen MR) is 90.4 cm³/mol. The Morgan fingerprint density at radius 1 is 1.33 bits per heavy atom. The van der Waals surface area contributed by atoms with Gasteiger partial charge in [0.25, 0.3) is 0 Å². The maximum absolute atomic E-state index is 12.4. The molecule has 3 atom stereocenters. The molecule has 1 aliphatic heterocycles. The molecule has 1 aromatic rings. The summed E-state index contributed by atoms with van der Waals surface area (Å²) >= 11 is 0. The molecule has 1 spiro atoms. The smallest absolute Gasteiger partial charge is 0.310 e. The predicted octanol–water partition coefficient (Wildman–Crippen LogP) is 2.81. The lowest BCUT2D eigenvalue weighted by molar-refractivity contribution is -0.194. The van der Waals surface area contributed by atoms with E-state index in [-0.39, 0.29) is 24.0 Å². The van der Waals surface area contributed by atoms with Crippen LogP contribution in [0.5, 0.6) is 0 Å². The van der Waals surface area contributed by atoms with E-state index >= 15 is 0 Å². The first-order valence-electron chi connectivity index (χ1n) is 8.89. The first-order valence-corrected chi connectivity index (χ1v) is 8.89. The first-order chi connectivity index (χ1) is 11.6. The monoisotopic (exact) mass is 333 g/mol. The second-order valence-corrected chi connectivity index (χ2v) is 6.61. The quantitative estimate of drug-likeness (QED) is 0.840. The van der Waals surface area contributed by atoms with Crippen molar-refractivity contribution >= 4 is 5.97 Å². The molecule has 1 N–H and O–H groups in total. The Morgan fingerprint density at radius 3 is 2.71 bits per heavy atom. The standard InChI is InChI=1S/C19H27NO4/c1-3-22-18(21)16-9-10-19(23-11-12-24-19)13-17(16)20-14(2)15-7-5-4-6-8-15/h4-8,14,16-17,20H,3,9-13H2,1-2H3/t14-,16-,17+/m0/s1. The molecule has 3 rings (SSSR count). The second kappa shape index (κ2) is 7.64. The Kier molecular flexibility index (Phi) is 5.54. The molecule has 1 heterocycles. The molecule has 2 aliphatic rings. The molecular weight excluding hydrogens is 306 g/mol. The maximum atomic E-state index is 12.4. The fourth-order valence-corrected chi connectivity index (χ4v) is 3.78. The maximum Gasteiger partial charge on any atom is 0.310 e. The van der Waals surface area contributed by atoms with Crippen molar-refractivity contribution in [2.75, 3.05) is 19.8 Å². The fourth-order valence-electron chi connectivity index (χ4n) is 3.78. The fraction of sp³-hybridized carbons (Fsp3) is 0.632. The van der Waals surface area contributed by atoms with Crippen LogP contribution >= 0.6 is 0 Å². The Bertz CT molecular complexity index is 542. The molecule has 0 aromatic heterocycles. The van der Waals surface area contributed by atoms with E-state index in [1.54, 1.807) is 0 Å². The third-order valence-corrected chi connectivity index (χ3v) is 5.02. The van der Waals surface area contributed by atoms with Crippen molar-refractivity contribution in [2.45, 2.75) is 51.0 Å². The third-order valence-electron chi connectivity index (χ3n) is 5.02. The number of carbonyl (C=O) groups is 1. The van der Waals surface area contributed by atoms with Crippen molar-refractivity contribution in [1.82, 2.24) is 5.32 Å². The van der Waals surface area contributed by atoms with Crippen LogP contribution in [0.1, 0.15) is 44.7 Å². The van der Waals surface area contributed by atoms with Gasteiger partial charge in [-0.25, -0.2) is 0 Å². The van der Waals surface area contributed by atoms with E-state index in [2.05, 4.69) is 24.4 Å². The molecular formula is C19H27NO4. The number of esters is 1. The summed E-state index contributed by atoms with van der Waals surface area (Å²) in [5, 5.41) is 3.61. The van der Waals surface area contributed by atoms with Gasteiger partial charge in [0, 0.05) is 24.9 Å². The number of carbonyl (C=O) groups excluding carboxylic acids is 1. The SMILES string of the molecule is CCOC(=O)[C@H]1CCC2(C[C@H]1N[C@@H](C)c1ccccc1)OCCO2. The van der Waals surface area contributed by atoms with Gasteiger partial charge >= 0.3 is 5.97 Å². The number of hydrogen-bond acceptors (Lipinski definition) is 5. The molecule has 0 radical (unpaired) electrons. The summed E-state index contributed by atoms with van der Waals surface area (Å²) in [4.78, 5) is 12.4. The van der Waals surface area contributed by atoms with Crippen LogP contribution in [-0.4, -0.2) is 37.6 Å². The summed E-state index contributed by atoms with van der Waals surface area (Å²) in [6.07, 6.45) is 2.14. The molecule has 1 saturated carbocycles. The number of rotatable bonds is 5. The van der Waals surface area contributed by atoms with Crippen LogP contribution in [0.15, 0.2) is 30.3 Å². The average Bonchev–Trinajstić information content (AvgIpc) is 3.04. The van der Waals surface area contributed by atoms with Crippen LogP contribution in [0.25, 0.3) is 0 Å². The van der Waals surface area contributed by atoms with Crippen LogP contribution < -0.4 is 5.32 Å². The molecule has 5 nitrogen and oxygen atoms in total. The van der Waals surface area contributed by atoms with Gasteiger partial charge in [0.05, 0.1) is 25.7 Å². The second-order valence-electron chi connectivity index (χ2n) is 6.61. The zero-order chi connectivity index (χ0) is 17.0. The summed E-state index contributed by atoms with van der Waals surface area (Å²) in [5.74, 6) is -0.811. The Morgan fingerprint density at radius 2 is 2.04 bits per heavy atom. The highest BCUT2D eigenvalue weighted by Crippen LogP contribution is 2.39. The highest BCUT2D eigenvalue weighted by Gasteiger charge is 2.47. The summed E-state index contributed by atoms with van der Waals surface area (Å²) in [7, 11) is 0. The largest absolute Gasteiger partial charge is 0.466 e. The van der Waals surface area contributed by atoms with Crippen molar-refractivity contribution in [3.8, 4) is 0 Å². The molecule has 5 heteroatoms. The Labute approximate surface area is 143 Å². The van der Waals surface area contributed by atoms with Crippen LogP contribution in [0.2, 0.25) is 0 Å². The first kappa shape index (κ1) is 17.4. The van der Waals surface area contributed by atoms with E-state index in [9.17, 15) is 4.79 Å². The molecule has 132 valence electrons. The van der Waals surface area contributed by atoms with Crippen molar-refractivity contribution in [3.05, 3.63) is 35.9 Å². The van der Waals surface area contributed by atoms with Crippen LogP contribution in [0, 0.1) is 5.92 Å². The lowest BCUT2D eigenvalue weighted by atomic mass is 9.80. The highest BCUT2D eigenvalue weighted by molar-refractivity contribution is 5.73. The molecule has 1 saturated heterocycles. The topological polar surface area (TPSA) is 56.8 Å². The minimum atomic E-state index is -0.531. The zero-order valence-corrected chi connectivity index (χ0v) is 14.5. The van der Waals surface area contributed by atoms with Crippen molar-refractivity contribution < 1.29 is 19.0 Å². The normalized spacial score (nSPS) is 27.1. The van der Waals surface area contributed by atoms with Gasteiger partial charge in [-0.1, -0.05) is 30.3 Å². The van der Waals surface area contributed by atoms with E-state index in [4.69, 9.17) is 14.2 Å². The summed E-state index contributed by atoms with van der Waals surface area (Å²) in [6.45, 7) is 5.64. The molecule has 0 unspecified atom stereocenters. The molecule has 24 heavy (non-hydrogen) atoms.